The molecule has 6 nitrogen and oxygen atoms in total. The van der Waals surface area contributed by atoms with Gasteiger partial charge in [-0.25, -0.2) is 9.59 Å². The highest BCUT2D eigenvalue weighted by atomic mass is 16.4. The van der Waals surface area contributed by atoms with E-state index in [1.165, 1.54) is 0 Å². The first kappa shape index (κ1) is 16.8. The van der Waals surface area contributed by atoms with Crippen molar-refractivity contribution in [1.29, 1.82) is 0 Å². The number of urea groups is 1. The fraction of sp³-hybridized carbons (Fsp3) is 0.857. The first-order valence-electron chi connectivity index (χ1n) is 7.27. The summed E-state index contributed by atoms with van der Waals surface area (Å²) in [4.78, 5) is 27.5. The van der Waals surface area contributed by atoms with Gasteiger partial charge in [0.05, 0.1) is 0 Å². The van der Waals surface area contributed by atoms with Gasteiger partial charge >= 0.3 is 12.0 Å². The summed E-state index contributed by atoms with van der Waals surface area (Å²) >= 11 is 0. The average Bonchev–Trinajstić information content (AvgIpc) is 2.38. The number of likely N-dealkylation sites (tertiary alicyclic amines) is 1. The second-order valence-corrected chi connectivity index (χ2v) is 6.02. The smallest absolute Gasteiger partial charge is 0.329 e. The summed E-state index contributed by atoms with van der Waals surface area (Å²) in [5.74, 6) is -0.978. The second-order valence-electron chi connectivity index (χ2n) is 6.02. The third-order valence-electron chi connectivity index (χ3n) is 4.02. The van der Waals surface area contributed by atoms with E-state index in [1.807, 2.05) is 21.0 Å². The number of hydrogen-bond acceptors (Lipinski definition) is 3. The summed E-state index contributed by atoms with van der Waals surface area (Å²) in [6, 6.07) is 0.0756. The van der Waals surface area contributed by atoms with E-state index in [0.717, 1.165) is 12.8 Å². The molecular weight excluding hydrogens is 258 g/mol. The standard InChI is InChI=1S/C14H27N3O3/c1-5-8-14(2,12(18)19)15-13(20)17-9-6-7-11(10-17)16(3)4/h11H,5-10H2,1-4H3,(H,15,20)(H,18,19). The van der Waals surface area contributed by atoms with Crippen LogP contribution in [0.3, 0.4) is 0 Å². The Morgan fingerprint density at radius 2 is 2.10 bits per heavy atom. The van der Waals surface area contributed by atoms with Crippen LogP contribution in [0.2, 0.25) is 0 Å². The van der Waals surface area contributed by atoms with E-state index in [9.17, 15) is 14.7 Å². The minimum Gasteiger partial charge on any atom is -0.480 e. The molecule has 1 heterocycles. The monoisotopic (exact) mass is 285 g/mol. The van der Waals surface area contributed by atoms with Crippen LogP contribution in [0.25, 0.3) is 0 Å². The number of nitrogens with one attached hydrogen (secondary N) is 1. The van der Waals surface area contributed by atoms with Crippen molar-refractivity contribution in [2.75, 3.05) is 27.2 Å². The maximum Gasteiger partial charge on any atom is 0.329 e. The molecule has 0 aromatic heterocycles. The lowest BCUT2D eigenvalue weighted by Gasteiger charge is -2.38. The molecule has 0 radical (unpaired) electrons. The van der Waals surface area contributed by atoms with Gasteiger partial charge in [0.1, 0.15) is 5.54 Å². The minimum atomic E-state index is -1.18. The Morgan fingerprint density at radius 1 is 1.45 bits per heavy atom. The highest BCUT2D eigenvalue weighted by Crippen LogP contribution is 2.17. The molecule has 116 valence electrons. The molecule has 0 spiro atoms. The quantitative estimate of drug-likeness (QED) is 0.800. The maximum atomic E-state index is 12.3. The number of aliphatic carboxylic acids is 1. The van der Waals surface area contributed by atoms with Crippen LogP contribution < -0.4 is 5.32 Å². The van der Waals surface area contributed by atoms with Crippen LogP contribution >= 0.6 is 0 Å². The lowest BCUT2D eigenvalue weighted by Crippen LogP contribution is -2.58. The van der Waals surface area contributed by atoms with Crippen molar-refractivity contribution in [1.82, 2.24) is 15.1 Å². The number of carbonyl (C=O) groups excluding carboxylic acids is 1. The normalized spacial score (nSPS) is 22.4. The molecule has 1 aliphatic heterocycles. The number of hydrogen-bond donors (Lipinski definition) is 2. The summed E-state index contributed by atoms with van der Waals surface area (Å²) in [5, 5.41) is 12.0. The maximum absolute atomic E-state index is 12.3. The molecule has 2 amide bonds. The van der Waals surface area contributed by atoms with Crippen LogP contribution in [0.1, 0.15) is 39.5 Å². The topological polar surface area (TPSA) is 72.9 Å². The number of carbonyl (C=O) groups is 2. The van der Waals surface area contributed by atoms with Gasteiger partial charge in [-0.05, 0) is 40.3 Å². The van der Waals surface area contributed by atoms with Crippen LogP contribution in [0.15, 0.2) is 0 Å². The zero-order valence-electron chi connectivity index (χ0n) is 13.0. The second kappa shape index (κ2) is 6.92. The molecule has 2 N–H and O–H groups in total. The fourth-order valence-electron chi connectivity index (χ4n) is 2.60. The van der Waals surface area contributed by atoms with E-state index in [0.29, 0.717) is 32.0 Å². The van der Waals surface area contributed by atoms with E-state index in [1.54, 1.807) is 11.8 Å². The van der Waals surface area contributed by atoms with Gasteiger partial charge in [-0.1, -0.05) is 13.3 Å². The van der Waals surface area contributed by atoms with Crippen molar-refractivity contribution in [3.63, 3.8) is 0 Å². The minimum absolute atomic E-state index is 0.269. The van der Waals surface area contributed by atoms with Crippen LogP contribution in [0.5, 0.6) is 0 Å². The van der Waals surface area contributed by atoms with Crippen LogP contribution in [-0.4, -0.2) is 65.7 Å². The highest BCUT2D eigenvalue weighted by molar-refractivity contribution is 5.85. The highest BCUT2D eigenvalue weighted by Gasteiger charge is 2.36. The molecule has 0 saturated carbocycles. The molecule has 0 bridgehead atoms. The van der Waals surface area contributed by atoms with Gasteiger partial charge in [0, 0.05) is 19.1 Å². The molecule has 1 fully saturated rings. The SMILES string of the molecule is CCCC(C)(NC(=O)N1CCCC(N(C)C)C1)C(=O)O. The zero-order chi connectivity index (χ0) is 15.3. The van der Waals surface area contributed by atoms with E-state index in [4.69, 9.17) is 0 Å². The van der Waals surface area contributed by atoms with E-state index < -0.39 is 11.5 Å². The van der Waals surface area contributed by atoms with Crippen molar-refractivity contribution in [3.05, 3.63) is 0 Å². The molecule has 2 atom stereocenters. The zero-order valence-corrected chi connectivity index (χ0v) is 13.0. The fourth-order valence-corrected chi connectivity index (χ4v) is 2.60. The van der Waals surface area contributed by atoms with Gasteiger partial charge in [-0.2, -0.15) is 0 Å². The Kier molecular flexibility index (Phi) is 5.80. The third-order valence-corrected chi connectivity index (χ3v) is 4.02. The molecule has 0 aromatic carbocycles. The van der Waals surface area contributed by atoms with Crippen LogP contribution in [-0.2, 0) is 4.79 Å². The van der Waals surface area contributed by atoms with E-state index in [-0.39, 0.29) is 6.03 Å². The third kappa shape index (κ3) is 4.10. The first-order valence-corrected chi connectivity index (χ1v) is 7.27. The molecule has 0 aromatic rings. The molecule has 1 aliphatic rings. The van der Waals surface area contributed by atoms with Crippen molar-refractivity contribution in [2.24, 2.45) is 0 Å². The van der Waals surface area contributed by atoms with Gasteiger partial charge in [-0.3, -0.25) is 0 Å². The number of amides is 2. The van der Waals surface area contributed by atoms with Gasteiger partial charge < -0.3 is 20.2 Å². The van der Waals surface area contributed by atoms with Gasteiger partial charge in [-0.15, -0.1) is 0 Å². The number of rotatable bonds is 5. The van der Waals surface area contributed by atoms with Crippen LogP contribution in [0.4, 0.5) is 4.79 Å². The van der Waals surface area contributed by atoms with E-state index >= 15 is 0 Å². The van der Waals surface area contributed by atoms with Crippen molar-refractivity contribution >= 4 is 12.0 Å². The number of likely N-dealkylation sites (N-methyl/N-ethyl adjacent to an activating group) is 1. The average molecular weight is 285 g/mol. The van der Waals surface area contributed by atoms with E-state index in [2.05, 4.69) is 10.2 Å². The predicted octanol–water partition coefficient (Wildman–Crippen LogP) is 1.37. The van der Waals surface area contributed by atoms with Crippen molar-refractivity contribution in [2.45, 2.75) is 51.1 Å². The number of carboxylic acid groups (broad SMARTS) is 1. The summed E-state index contributed by atoms with van der Waals surface area (Å²) in [6.45, 7) is 4.83. The molecule has 1 saturated heterocycles. The molecule has 1 rings (SSSR count). The Hall–Kier alpha value is -1.30. The lowest BCUT2D eigenvalue weighted by atomic mass is 9.96. The molecule has 0 aliphatic carbocycles. The number of piperidine rings is 1. The summed E-state index contributed by atoms with van der Waals surface area (Å²) in [7, 11) is 4.01. The van der Waals surface area contributed by atoms with Gasteiger partial charge in [0.15, 0.2) is 0 Å². The largest absolute Gasteiger partial charge is 0.480 e. The Bertz CT molecular complexity index is 360. The number of carboxylic acids is 1. The van der Waals surface area contributed by atoms with Gasteiger partial charge in [0.25, 0.3) is 0 Å². The van der Waals surface area contributed by atoms with Gasteiger partial charge in [0.2, 0.25) is 0 Å². The Morgan fingerprint density at radius 3 is 2.60 bits per heavy atom. The predicted molar refractivity (Wildman–Crippen MR) is 77.8 cm³/mol. The summed E-state index contributed by atoms with van der Waals surface area (Å²) < 4.78 is 0. The molecule has 20 heavy (non-hydrogen) atoms. The van der Waals surface area contributed by atoms with Crippen molar-refractivity contribution in [3.8, 4) is 0 Å². The Labute approximate surface area is 121 Å². The molecule has 2 unspecified atom stereocenters. The Balaban J connectivity index is 2.67. The van der Waals surface area contributed by atoms with Crippen molar-refractivity contribution < 1.29 is 14.7 Å². The lowest BCUT2D eigenvalue weighted by molar-refractivity contribution is -0.144. The molecule has 6 heteroatoms. The summed E-state index contributed by atoms with van der Waals surface area (Å²) in [5.41, 5.74) is -1.18. The van der Waals surface area contributed by atoms with Crippen LogP contribution in [0, 0.1) is 0 Å². The summed E-state index contributed by atoms with van der Waals surface area (Å²) in [6.07, 6.45) is 3.16. The molecular formula is C14H27N3O3. The number of nitrogens with zero attached hydrogens (tertiary/aromatic N) is 2. The first-order chi connectivity index (χ1) is 9.30.